The fourth-order valence-corrected chi connectivity index (χ4v) is 2.85. The zero-order chi connectivity index (χ0) is 15.7. The van der Waals surface area contributed by atoms with E-state index in [1.807, 2.05) is 31.2 Å². The fraction of sp³-hybridized carbons (Fsp3) is 0.438. The van der Waals surface area contributed by atoms with E-state index in [1.54, 1.807) is 0 Å². The molecule has 0 bridgehead atoms. The van der Waals surface area contributed by atoms with Gasteiger partial charge in [0.25, 0.3) is 0 Å². The van der Waals surface area contributed by atoms with Crippen LogP contribution < -0.4 is 0 Å². The van der Waals surface area contributed by atoms with Crippen molar-refractivity contribution < 1.29 is 14.6 Å². The minimum Gasteiger partial charge on any atom is -0.441 e. The predicted molar refractivity (Wildman–Crippen MR) is 83.6 cm³/mol. The van der Waals surface area contributed by atoms with Crippen molar-refractivity contribution in [1.82, 2.24) is 9.88 Å². The highest BCUT2D eigenvalue weighted by molar-refractivity contribution is 6.30. The minimum absolute atomic E-state index is 0.444. The molecule has 2 aromatic rings. The number of oxazole rings is 1. The van der Waals surface area contributed by atoms with Gasteiger partial charge in [0.1, 0.15) is 5.76 Å². The molecular weight excluding hydrogens is 304 g/mol. The van der Waals surface area contributed by atoms with Crippen LogP contribution in [0.2, 0.25) is 5.02 Å². The molecule has 22 heavy (non-hydrogen) atoms. The number of rotatable bonds is 3. The first kappa shape index (κ1) is 15.5. The van der Waals surface area contributed by atoms with Crippen molar-refractivity contribution in [3.63, 3.8) is 0 Å². The summed E-state index contributed by atoms with van der Waals surface area (Å²) in [6.45, 7) is 3.66. The van der Waals surface area contributed by atoms with Crippen molar-refractivity contribution in [2.75, 3.05) is 13.1 Å². The van der Waals surface area contributed by atoms with Crippen molar-refractivity contribution in [1.29, 1.82) is 0 Å². The number of aromatic nitrogens is 1. The Labute approximate surface area is 134 Å². The highest BCUT2D eigenvalue weighted by Gasteiger charge is 2.26. The molecule has 2 N–H and O–H groups in total. The van der Waals surface area contributed by atoms with E-state index in [2.05, 4.69) is 9.88 Å². The van der Waals surface area contributed by atoms with E-state index in [4.69, 9.17) is 16.0 Å². The van der Waals surface area contributed by atoms with Crippen molar-refractivity contribution in [3.8, 4) is 11.5 Å². The van der Waals surface area contributed by atoms with Crippen LogP contribution >= 0.6 is 11.6 Å². The molecule has 1 aromatic heterocycles. The first-order valence-corrected chi connectivity index (χ1v) is 7.71. The number of likely N-dealkylation sites (tertiary alicyclic amines) is 1. The van der Waals surface area contributed by atoms with E-state index in [0.717, 1.165) is 23.6 Å². The van der Waals surface area contributed by atoms with Gasteiger partial charge in [-0.15, -0.1) is 0 Å². The standard InChI is InChI=1S/C16H19ClN2O3/c1-10-13(8-19-6-5-14(20)15(21)9-19)18-16(22-10)11-3-2-4-12(17)7-11/h2-4,7,14-15,20-21H,5-6,8-9H2,1H3/t14-,15-/m0/s1. The molecule has 0 amide bonds. The normalized spacial score (nSPS) is 22.9. The van der Waals surface area contributed by atoms with Crippen molar-refractivity contribution >= 4 is 11.6 Å². The number of aliphatic hydroxyl groups excluding tert-OH is 2. The van der Waals surface area contributed by atoms with Gasteiger partial charge in [-0.3, -0.25) is 4.90 Å². The zero-order valence-electron chi connectivity index (χ0n) is 12.4. The molecular formula is C16H19ClN2O3. The van der Waals surface area contributed by atoms with Crippen LogP contribution in [0.3, 0.4) is 0 Å². The van der Waals surface area contributed by atoms with Crippen molar-refractivity contribution in [2.45, 2.75) is 32.1 Å². The molecule has 0 unspecified atom stereocenters. The molecule has 1 fully saturated rings. The van der Waals surface area contributed by atoms with E-state index in [-0.39, 0.29) is 0 Å². The molecule has 0 spiro atoms. The van der Waals surface area contributed by atoms with Crippen LogP contribution in [0.1, 0.15) is 17.9 Å². The summed E-state index contributed by atoms with van der Waals surface area (Å²) in [7, 11) is 0. The summed E-state index contributed by atoms with van der Waals surface area (Å²) in [6, 6.07) is 7.39. The molecule has 5 nitrogen and oxygen atoms in total. The summed E-state index contributed by atoms with van der Waals surface area (Å²) in [6.07, 6.45) is -0.760. The van der Waals surface area contributed by atoms with Crippen LogP contribution in [0, 0.1) is 6.92 Å². The number of nitrogens with zero attached hydrogens (tertiary/aromatic N) is 2. The molecule has 0 radical (unpaired) electrons. The van der Waals surface area contributed by atoms with Gasteiger partial charge in [0.15, 0.2) is 0 Å². The molecule has 0 aliphatic carbocycles. The quantitative estimate of drug-likeness (QED) is 0.907. The van der Waals surface area contributed by atoms with Crippen LogP contribution in [0.15, 0.2) is 28.7 Å². The van der Waals surface area contributed by atoms with E-state index >= 15 is 0 Å². The van der Waals surface area contributed by atoms with Gasteiger partial charge in [-0.1, -0.05) is 17.7 Å². The maximum absolute atomic E-state index is 9.76. The van der Waals surface area contributed by atoms with E-state index in [1.165, 1.54) is 0 Å². The fourth-order valence-electron chi connectivity index (χ4n) is 2.66. The van der Waals surface area contributed by atoms with Crippen molar-refractivity contribution in [2.24, 2.45) is 0 Å². The largest absolute Gasteiger partial charge is 0.441 e. The highest BCUT2D eigenvalue weighted by Crippen LogP contribution is 2.25. The topological polar surface area (TPSA) is 69.7 Å². The molecule has 118 valence electrons. The molecule has 6 heteroatoms. The Morgan fingerprint density at radius 2 is 2.18 bits per heavy atom. The van der Waals surface area contributed by atoms with Gasteiger partial charge in [0, 0.05) is 30.2 Å². The highest BCUT2D eigenvalue weighted by atomic mass is 35.5. The Morgan fingerprint density at radius 3 is 2.91 bits per heavy atom. The molecule has 2 heterocycles. The van der Waals surface area contributed by atoms with Crippen LogP contribution in [-0.2, 0) is 6.54 Å². The minimum atomic E-state index is -0.701. The maximum Gasteiger partial charge on any atom is 0.226 e. The predicted octanol–water partition coefficient (Wildman–Crippen LogP) is 2.23. The summed E-state index contributed by atoms with van der Waals surface area (Å²) in [5, 5.41) is 20.0. The smallest absolute Gasteiger partial charge is 0.226 e. The molecule has 3 rings (SSSR count). The second kappa shape index (κ2) is 6.38. The second-order valence-corrected chi connectivity index (χ2v) is 6.13. The summed E-state index contributed by atoms with van der Waals surface area (Å²) in [5.74, 6) is 1.31. The number of aryl methyl sites for hydroxylation is 1. The van der Waals surface area contributed by atoms with Crippen LogP contribution in [0.5, 0.6) is 0 Å². The van der Waals surface area contributed by atoms with Gasteiger partial charge in [-0.05, 0) is 31.5 Å². The van der Waals surface area contributed by atoms with Crippen molar-refractivity contribution in [3.05, 3.63) is 40.7 Å². The third-order valence-corrected chi connectivity index (χ3v) is 4.20. The van der Waals surface area contributed by atoms with Gasteiger partial charge < -0.3 is 14.6 Å². The molecule has 2 atom stereocenters. The van der Waals surface area contributed by atoms with Gasteiger partial charge >= 0.3 is 0 Å². The average molecular weight is 323 g/mol. The zero-order valence-corrected chi connectivity index (χ0v) is 13.1. The Bertz CT molecular complexity index is 659. The van der Waals surface area contributed by atoms with E-state index in [0.29, 0.717) is 30.4 Å². The first-order chi connectivity index (χ1) is 10.5. The number of β-amino-alcohol motifs (C(OH)–C–C–N with tert-alkyl or cyclic N) is 1. The lowest BCUT2D eigenvalue weighted by Crippen LogP contribution is -2.46. The number of benzene rings is 1. The first-order valence-electron chi connectivity index (χ1n) is 7.33. The molecule has 0 saturated carbocycles. The van der Waals surface area contributed by atoms with Gasteiger partial charge in [-0.2, -0.15) is 0 Å². The molecule has 1 aliphatic heterocycles. The summed E-state index contributed by atoms with van der Waals surface area (Å²) >= 11 is 6.00. The van der Waals surface area contributed by atoms with Crippen LogP contribution in [-0.4, -0.2) is 45.4 Å². The lowest BCUT2D eigenvalue weighted by atomic mass is 10.1. The third-order valence-electron chi connectivity index (χ3n) is 3.97. The summed E-state index contributed by atoms with van der Waals surface area (Å²) < 4.78 is 5.74. The monoisotopic (exact) mass is 322 g/mol. The molecule has 1 aliphatic rings. The van der Waals surface area contributed by atoms with Gasteiger partial charge in [0.2, 0.25) is 5.89 Å². The number of hydrogen-bond donors (Lipinski definition) is 2. The van der Waals surface area contributed by atoms with Gasteiger partial charge in [0.05, 0.1) is 17.9 Å². The molecule has 1 saturated heterocycles. The Hall–Kier alpha value is -1.40. The summed E-state index contributed by atoms with van der Waals surface area (Å²) in [5.41, 5.74) is 1.69. The second-order valence-electron chi connectivity index (χ2n) is 5.69. The number of piperidine rings is 1. The SMILES string of the molecule is Cc1oc(-c2cccc(Cl)c2)nc1CN1CC[C@H](O)[C@@H](O)C1. The van der Waals surface area contributed by atoms with Gasteiger partial charge in [-0.25, -0.2) is 4.98 Å². The average Bonchev–Trinajstić information content (AvgIpc) is 2.84. The third kappa shape index (κ3) is 3.33. The number of hydrogen-bond acceptors (Lipinski definition) is 5. The number of halogens is 1. The van der Waals surface area contributed by atoms with E-state index in [9.17, 15) is 10.2 Å². The van der Waals surface area contributed by atoms with Crippen LogP contribution in [0.25, 0.3) is 11.5 Å². The van der Waals surface area contributed by atoms with E-state index < -0.39 is 12.2 Å². The lowest BCUT2D eigenvalue weighted by molar-refractivity contribution is -0.0406. The number of aliphatic hydroxyl groups is 2. The Kier molecular flexibility index (Phi) is 4.49. The maximum atomic E-state index is 9.76. The van der Waals surface area contributed by atoms with Crippen LogP contribution in [0.4, 0.5) is 0 Å². The Balaban J connectivity index is 1.75. The molecule has 1 aromatic carbocycles. The lowest BCUT2D eigenvalue weighted by Gasteiger charge is -2.32. The Morgan fingerprint density at radius 1 is 1.36 bits per heavy atom. The summed E-state index contributed by atoms with van der Waals surface area (Å²) in [4.78, 5) is 6.62.